The second-order valence-corrected chi connectivity index (χ2v) is 11.6. The molecule has 0 spiro atoms. The van der Waals surface area contributed by atoms with Crippen molar-refractivity contribution >= 4 is 40.7 Å². The zero-order chi connectivity index (χ0) is 31.5. The van der Waals surface area contributed by atoms with Crippen LogP contribution >= 0.6 is 0 Å². The molecule has 1 saturated heterocycles. The lowest BCUT2D eigenvalue weighted by molar-refractivity contribution is -0.138. The number of carbonyl (C=O) groups excluding carboxylic acids is 5. The minimum atomic E-state index is -0.912. The number of nitrogens with zero attached hydrogens (tertiary/aromatic N) is 1. The zero-order valence-electron chi connectivity index (χ0n) is 25.5. The quantitative estimate of drug-likeness (QED) is 0.232. The van der Waals surface area contributed by atoms with E-state index in [1.165, 1.54) is 0 Å². The van der Waals surface area contributed by atoms with Gasteiger partial charge in [-0.3, -0.25) is 19.2 Å². The van der Waals surface area contributed by atoms with Crippen LogP contribution in [0.3, 0.4) is 0 Å². The van der Waals surface area contributed by atoms with E-state index in [1.54, 1.807) is 4.90 Å². The van der Waals surface area contributed by atoms with Crippen LogP contribution < -0.4 is 16.0 Å². The molecule has 0 aliphatic carbocycles. The highest BCUT2D eigenvalue weighted by atomic mass is 16.2. The van der Waals surface area contributed by atoms with Crippen molar-refractivity contribution in [1.82, 2.24) is 20.9 Å². The monoisotopic (exact) mass is 598 g/mol. The second-order valence-electron chi connectivity index (χ2n) is 11.6. The fourth-order valence-corrected chi connectivity index (χ4v) is 6.05. The van der Waals surface area contributed by atoms with E-state index in [0.717, 1.165) is 28.2 Å². The van der Waals surface area contributed by atoms with Crippen molar-refractivity contribution in [3.05, 3.63) is 83.9 Å². The first-order valence-electron chi connectivity index (χ1n) is 15.4. The van der Waals surface area contributed by atoms with Gasteiger partial charge in [0.15, 0.2) is 0 Å². The summed E-state index contributed by atoms with van der Waals surface area (Å²) in [4.78, 5) is 65.5. The maximum atomic E-state index is 13.6. The molecule has 4 amide bonds. The maximum Gasteiger partial charge on any atom is 0.243 e. The van der Waals surface area contributed by atoms with E-state index in [1.807, 2.05) is 86.6 Å². The summed E-state index contributed by atoms with van der Waals surface area (Å²) in [6, 6.07) is 21.6. The van der Waals surface area contributed by atoms with Crippen molar-refractivity contribution in [1.29, 1.82) is 0 Å². The Morgan fingerprint density at radius 2 is 1.73 bits per heavy atom. The Morgan fingerprint density at radius 1 is 1.00 bits per heavy atom. The van der Waals surface area contributed by atoms with E-state index in [9.17, 15) is 24.0 Å². The van der Waals surface area contributed by atoms with Crippen molar-refractivity contribution in [3.63, 3.8) is 0 Å². The molecule has 4 rings (SSSR count). The average molecular weight is 599 g/mol. The van der Waals surface area contributed by atoms with E-state index in [2.05, 4.69) is 16.0 Å². The molecule has 3 aromatic rings. The van der Waals surface area contributed by atoms with Crippen molar-refractivity contribution in [2.75, 3.05) is 13.1 Å². The predicted molar refractivity (Wildman–Crippen MR) is 170 cm³/mol. The van der Waals surface area contributed by atoms with Gasteiger partial charge in [0.05, 0.1) is 13.0 Å². The molecule has 1 aliphatic rings. The van der Waals surface area contributed by atoms with Crippen LogP contribution in [0.15, 0.2) is 72.8 Å². The van der Waals surface area contributed by atoms with Gasteiger partial charge in [-0.2, -0.15) is 0 Å². The Balaban J connectivity index is 1.50. The minimum Gasteiger partial charge on any atom is -0.356 e. The smallest absolute Gasteiger partial charge is 0.243 e. The van der Waals surface area contributed by atoms with Gasteiger partial charge in [-0.15, -0.1) is 0 Å². The molecule has 9 nitrogen and oxygen atoms in total. The van der Waals surface area contributed by atoms with Gasteiger partial charge in [0.1, 0.15) is 12.3 Å². The first-order chi connectivity index (χ1) is 21.3. The third-order valence-corrected chi connectivity index (χ3v) is 8.15. The van der Waals surface area contributed by atoms with Crippen molar-refractivity contribution in [3.8, 4) is 0 Å². The van der Waals surface area contributed by atoms with Crippen LogP contribution in [-0.2, 0) is 36.8 Å². The largest absolute Gasteiger partial charge is 0.356 e. The molecule has 44 heavy (non-hydrogen) atoms. The molecule has 3 unspecified atom stereocenters. The van der Waals surface area contributed by atoms with Crippen LogP contribution in [0.25, 0.3) is 10.8 Å². The molecular weight excluding hydrogens is 556 g/mol. The number of carbonyl (C=O) groups is 5. The fourth-order valence-electron chi connectivity index (χ4n) is 6.05. The highest BCUT2D eigenvalue weighted by Crippen LogP contribution is 2.24. The van der Waals surface area contributed by atoms with E-state index < -0.39 is 11.9 Å². The van der Waals surface area contributed by atoms with E-state index >= 15 is 0 Å². The van der Waals surface area contributed by atoms with Crippen LogP contribution in [0.4, 0.5) is 0 Å². The SMILES string of the molecule is CC(C)N(C(=O)CNC(=O)C(Cc1cccc2ccccc12)NC(=O)Cc1ccccc1)C(CCC=O)CC1CCNC1=O. The molecule has 0 aromatic heterocycles. The zero-order valence-corrected chi connectivity index (χ0v) is 25.5. The summed E-state index contributed by atoms with van der Waals surface area (Å²) in [5.74, 6) is -1.32. The molecule has 0 bridgehead atoms. The number of aldehydes is 1. The number of benzene rings is 3. The van der Waals surface area contributed by atoms with Crippen LogP contribution in [-0.4, -0.2) is 66.0 Å². The molecular formula is C35H42N4O5. The fraction of sp³-hybridized carbons (Fsp3) is 0.400. The Morgan fingerprint density at radius 3 is 2.43 bits per heavy atom. The summed E-state index contributed by atoms with van der Waals surface area (Å²) >= 11 is 0. The first kappa shape index (κ1) is 32.4. The summed E-state index contributed by atoms with van der Waals surface area (Å²) in [6.45, 7) is 4.10. The Labute approximate surface area is 258 Å². The molecule has 3 aromatic carbocycles. The number of rotatable bonds is 15. The molecule has 0 saturated carbocycles. The average Bonchev–Trinajstić information content (AvgIpc) is 3.42. The molecule has 1 aliphatic heterocycles. The van der Waals surface area contributed by atoms with Crippen molar-refractivity contribution in [2.24, 2.45) is 5.92 Å². The summed E-state index contributed by atoms with van der Waals surface area (Å²) in [7, 11) is 0. The molecule has 1 fully saturated rings. The van der Waals surface area contributed by atoms with Crippen LogP contribution in [0.2, 0.25) is 0 Å². The maximum absolute atomic E-state index is 13.6. The van der Waals surface area contributed by atoms with E-state index in [-0.39, 0.29) is 61.5 Å². The number of nitrogens with one attached hydrogen (secondary N) is 3. The van der Waals surface area contributed by atoms with Gasteiger partial charge in [-0.25, -0.2) is 0 Å². The summed E-state index contributed by atoms with van der Waals surface area (Å²) in [5.41, 5.74) is 1.73. The normalized spacial score (nSPS) is 15.8. The lowest BCUT2D eigenvalue weighted by Gasteiger charge is -2.36. The molecule has 3 N–H and O–H groups in total. The van der Waals surface area contributed by atoms with Crippen LogP contribution in [0.1, 0.15) is 50.7 Å². The molecule has 0 radical (unpaired) electrons. The molecule has 1 heterocycles. The number of fused-ring (bicyclic) bond motifs is 1. The predicted octanol–water partition coefficient (Wildman–Crippen LogP) is 3.34. The van der Waals surface area contributed by atoms with Gasteiger partial charge in [0, 0.05) is 37.4 Å². The first-order valence-corrected chi connectivity index (χ1v) is 15.4. The summed E-state index contributed by atoms with van der Waals surface area (Å²) in [5, 5.41) is 10.5. The van der Waals surface area contributed by atoms with Gasteiger partial charge in [0.2, 0.25) is 23.6 Å². The van der Waals surface area contributed by atoms with Crippen molar-refractivity contribution < 1.29 is 24.0 Å². The number of hydrogen-bond acceptors (Lipinski definition) is 5. The Kier molecular flexibility index (Phi) is 11.6. The molecule has 9 heteroatoms. The highest BCUT2D eigenvalue weighted by molar-refractivity contribution is 5.92. The topological polar surface area (TPSA) is 125 Å². The lowest BCUT2D eigenvalue weighted by atomic mass is 9.93. The molecule has 3 atom stereocenters. The Hall–Kier alpha value is -4.53. The molecule has 232 valence electrons. The summed E-state index contributed by atoms with van der Waals surface area (Å²) in [6.07, 6.45) is 3.03. The van der Waals surface area contributed by atoms with Gasteiger partial charge in [-0.05, 0) is 55.0 Å². The van der Waals surface area contributed by atoms with Crippen LogP contribution in [0.5, 0.6) is 0 Å². The lowest BCUT2D eigenvalue weighted by Crippen LogP contribution is -2.53. The van der Waals surface area contributed by atoms with Gasteiger partial charge >= 0.3 is 0 Å². The number of hydrogen-bond donors (Lipinski definition) is 3. The third-order valence-electron chi connectivity index (χ3n) is 8.15. The van der Waals surface area contributed by atoms with Gasteiger partial charge < -0.3 is 25.6 Å². The highest BCUT2D eigenvalue weighted by Gasteiger charge is 2.33. The number of amides is 4. The van der Waals surface area contributed by atoms with Gasteiger partial charge in [0.25, 0.3) is 0 Å². The summed E-state index contributed by atoms with van der Waals surface area (Å²) < 4.78 is 0. The minimum absolute atomic E-state index is 0.0342. The van der Waals surface area contributed by atoms with Crippen molar-refractivity contribution in [2.45, 2.75) is 70.5 Å². The van der Waals surface area contributed by atoms with E-state index in [4.69, 9.17) is 0 Å². The van der Waals surface area contributed by atoms with E-state index in [0.29, 0.717) is 25.8 Å². The van der Waals surface area contributed by atoms with Crippen LogP contribution in [0, 0.1) is 5.92 Å². The second kappa shape index (κ2) is 15.8. The van der Waals surface area contributed by atoms with Gasteiger partial charge in [-0.1, -0.05) is 72.8 Å². The standard InChI is InChI=1S/C35H42N4O5/c1-24(2)39(29(15-9-19-40)21-28-17-18-36-34(28)43)33(42)23-37-35(44)31(38-32(41)20-25-10-4-3-5-11-25)22-27-14-8-13-26-12-6-7-16-30(26)27/h3-8,10-14,16,19,24,28-29,31H,9,15,17-18,20-23H2,1-2H3,(H,36,43)(H,37,44)(H,38,41). The Bertz CT molecular complexity index is 1450. The third kappa shape index (κ3) is 8.75.